The molecule has 1 atom stereocenters. The van der Waals surface area contributed by atoms with Gasteiger partial charge in [0, 0.05) is 72.4 Å². The molecule has 2 aromatic heterocycles. The Balaban J connectivity index is 1.44. The predicted molar refractivity (Wildman–Crippen MR) is 155 cm³/mol. The van der Waals surface area contributed by atoms with Gasteiger partial charge >= 0.3 is 6.09 Å². The van der Waals surface area contributed by atoms with Gasteiger partial charge in [-0.25, -0.2) is 4.79 Å². The molecule has 2 aliphatic heterocycles. The maximum Gasteiger partial charge on any atom is 0.410 e. The normalized spacial score (nSPS) is 18.9. The number of benzene rings is 1. The summed E-state index contributed by atoms with van der Waals surface area (Å²) in [5.74, 6) is 1.08. The lowest BCUT2D eigenvalue weighted by Gasteiger charge is -2.56. The van der Waals surface area contributed by atoms with E-state index in [0.717, 1.165) is 17.3 Å². The number of amides is 2. The second kappa shape index (κ2) is 10.8. The first-order valence-corrected chi connectivity index (χ1v) is 14.6. The smallest absolute Gasteiger partial charge is 0.410 e. The predicted octanol–water partition coefficient (Wildman–Crippen LogP) is 5.11. The molecule has 0 aliphatic carbocycles. The Morgan fingerprint density at radius 1 is 1.07 bits per heavy atom. The average Bonchev–Trinajstić information content (AvgIpc) is 3.41. The Morgan fingerprint density at radius 3 is 2.34 bits per heavy atom. The number of carbonyl (C=O) groups is 2. The molecule has 2 amide bonds. The van der Waals surface area contributed by atoms with Crippen molar-refractivity contribution >= 4 is 27.9 Å². The van der Waals surface area contributed by atoms with E-state index in [4.69, 9.17) is 9.26 Å². The summed E-state index contributed by atoms with van der Waals surface area (Å²) in [6.45, 7) is 10.9. The first-order valence-electron chi connectivity index (χ1n) is 13.8. The van der Waals surface area contributed by atoms with Gasteiger partial charge < -0.3 is 24.2 Å². The molecule has 1 aromatic carbocycles. The highest BCUT2D eigenvalue weighted by molar-refractivity contribution is 9.10. The van der Waals surface area contributed by atoms with Crippen molar-refractivity contribution in [3.8, 4) is 11.4 Å². The molecule has 2 saturated heterocycles. The molecule has 0 radical (unpaired) electrons. The summed E-state index contributed by atoms with van der Waals surface area (Å²) in [6.07, 6.45) is 4.40. The fraction of sp³-hybridized carbons (Fsp3) is 0.500. The van der Waals surface area contributed by atoms with Crippen LogP contribution < -0.4 is 0 Å². The molecule has 0 bridgehead atoms. The molecule has 0 spiro atoms. The van der Waals surface area contributed by atoms with E-state index in [-0.39, 0.29) is 11.8 Å². The van der Waals surface area contributed by atoms with Gasteiger partial charge in [-0.2, -0.15) is 4.98 Å². The fourth-order valence-corrected chi connectivity index (χ4v) is 6.02. The highest BCUT2D eigenvalue weighted by atomic mass is 79.9. The topological polar surface area (TPSA) is 122 Å². The van der Waals surface area contributed by atoms with Crippen LogP contribution in [0.3, 0.4) is 0 Å². The van der Waals surface area contributed by atoms with Gasteiger partial charge in [0.15, 0.2) is 0 Å². The van der Waals surface area contributed by atoms with Crippen molar-refractivity contribution in [2.75, 3.05) is 26.2 Å². The summed E-state index contributed by atoms with van der Waals surface area (Å²) in [5.41, 5.74) is -0.980. The van der Waals surface area contributed by atoms with Crippen molar-refractivity contribution in [1.82, 2.24) is 24.9 Å². The molecule has 5 rings (SSSR count). The highest BCUT2D eigenvalue weighted by Gasteiger charge is 2.58. The quantitative estimate of drug-likeness (QED) is 0.415. The summed E-state index contributed by atoms with van der Waals surface area (Å²) in [4.78, 5) is 37.0. The average molecular weight is 627 g/mol. The number of hydrogen-bond acceptors (Lipinski definition) is 8. The number of halogens is 1. The van der Waals surface area contributed by atoms with Crippen LogP contribution in [0.15, 0.2) is 51.7 Å². The van der Waals surface area contributed by atoms with Crippen LogP contribution in [-0.4, -0.2) is 73.8 Å². The number of aliphatic hydroxyl groups is 1. The number of likely N-dealkylation sites (tertiary alicyclic amines) is 2. The first kappa shape index (κ1) is 29.2. The van der Waals surface area contributed by atoms with Crippen molar-refractivity contribution < 1.29 is 24.0 Å². The molecular formula is C30H36BrN5O5. The van der Waals surface area contributed by atoms with Crippen LogP contribution >= 0.6 is 15.9 Å². The Kier molecular flexibility index (Phi) is 7.71. The van der Waals surface area contributed by atoms with Crippen LogP contribution in [-0.2, 0) is 15.1 Å². The maximum absolute atomic E-state index is 12.8. The lowest BCUT2D eigenvalue weighted by molar-refractivity contribution is -0.131. The molecule has 0 unspecified atom stereocenters. The van der Waals surface area contributed by atoms with E-state index in [1.807, 2.05) is 62.9 Å². The number of nitrogens with zero attached hydrogens (tertiary/aromatic N) is 5. The minimum Gasteiger partial charge on any atom is -0.444 e. The molecule has 4 heterocycles. The summed E-state index contributed by atoms with van der Waals surface area (Å²) >= 11 is 3.48. The fourth-order valence-electron chi connectivity index (χ4n) is 5.75. The van der Waals surface area contributed by atoms with Gasteiger partial charge in [0.2, 0.25) is 17.6 Å². The summed E-state index contributed by atoms with van der Waals surface area (Å²) in [5, 5.41) is 16.8. The molecule has 10 nitrogen and oxygen atoms in total. The molecule has 218 valence electrons. The molecule has 3 aromatic rings. The van der Waals surface area contributed by atoms with E-state index in [9.17, 15) is 14.7 Å². The van der Waals surface area contributed by atoms with Crippen molar-refractivity contribution in [3.63, 3.8) is 0 Å². The van der Waals surface area contributed by atoms with Crippen LogP contribution in [0.5, 0.6) is 0 Å². The monoisotopic (exact) mass is 625 g/mol. The Bertz CT molecular complexity index is 1420. The minimum absolute atomic E-state index is 0.0743. The zero-order valence-electron chi connectivity index (χ0n) is 24.1. The second-order valence-corrected chi connectivity index (χ2v) is 13.2. The van der Waals surface area contributed by atoms with E-state index >= 15 is 0 Å². The van der Waals surface area contributed by atoms with Crippen LogP contribution in [0.1, 0.15) is 70.4 Å². The van der Waals surface area contributed by atoms with Gasteiger partial charge in [0.25, 0.3) is 0 Å². The summed E-state index contributed by atoms with van der Waals surface area (Å²) in [6, 6.07) is 9.35. The number of piperidine rings is 1. The molecule has 41 heavy (non-hydrogen) atoms. The number of hydrogen-bond donors (Lipinski definition) is 1. The zero-order chi connectivity index (χ0) is 29.6. The third-order valence-corrected chi connectivity index (χ3v) is 8.54. The molecule has 1 N–H and O–H groups in total. The van der Waals surface area contributed by atoms with Crippen LogP contribution in [0.4, 0.5) is 4.79 Å². The van der Waals surface area contributed by atoms with Crippen molar-refractivity contribution in [1.29, 1.82) is 0 Å². The molecule has 2 fully saturated rings. The van der Waals surface area contributed by atoms with Crippen LogP contribution in [0.25, 0.3) is 11.4 Å². The van der Waals surface area contributed by atoms with Crippen LogP contribution in [0.2, 0.25) is 0 Å². The third-order valence-electron chi connectivity index (χ3n) is 8.01. The zero-order valence-corrected chi connectivity index (χ0v) is 25.6. The first-order chi connectivity index (χ1) is 19.3. The van der Waals surface area contributed by atoms with E-state index in [2.05, 4.69) is 31.1 Å². The number of ether oxygens (including phenoxy) is 1. The number of carbonyl (C=O) groups excluding carboxylic acids is 2. The van der Waals surface area contributed by atoms with Gasteiger partial charge in [-0.3, -0.25) is 9.78 Å². The Hall–Kier alpha value is -3.31. The van der Waals surface area contributed by atoms with Gasteiger partial charge in [0.05, 0.1) is 0 Å². The van der Waals surface area contributed by atoms with E-state index < -0.39 is 22.7 Å². The Labute approximate surface area is 248 Å². The SMILES string of the molecule is CC(=O)N1CCC(c2nc(-c3cncc([C@@](O)(c4ccc(Br)cc4)C4(C)CN(C(=O)OC(C)(C)C)C4)c3)no2)CC1. The maximum atomic E-state index is 12.8. The van der Waals surface area contributed by atoms with Crippen molar-refractivity contribution in [2.45, 2.75) is 64.6 Å². The molecular weight excluding hydrogens is 590 g/mol. The summed E-state index contributed by atoms with van der Waals surface area (Å²) in [7, 11) is 0. The third kappa shape index (κ3) is 5.74. The largest absolute Gasteiger partial charge is 0.444 e. The van der Waals surface area contributed by atoms with E-state index in [0.29, 0.717) is 54.6 Å². The van der Waals surface area contributed by atoms with Gasteiger partial charge in [0.1, 0.15) is 11.2 Å². The van der Waals surface area contributed by atoms with E-state index in [1.54, 1.807) is 24.2 Å². The number of rotatable bonds is 5. The van der Waals surface area contributed by atoms with Gasteiger partial charge in [-0.1, -0.05) is 40.1 Å². The molecule has 0 saturated carbocycles. The minimum atomic E-state index is -1.48. The standard InChI is InChI=1S/C30H36BrN5O5/c1-19(37)35-12-10-20(11-13-35)26-33-25(34-41-26)21-14-23(16-32-15-21)30(39,22-6-8-24(31)9-7-22)29(5)17-36(18-29)27(38)40-28(2,3)4/h6-9,14-16,20,39H,10-13,17-18H2,1-5H3/t30-/m0/s1. The molecule has 11 heteroatoms. The number of pyridine rings is 1. The van der Waals surface area contributed by atoms with Gasteiger partial charge in [-0.05, 0) is 57.4 Å². The number of aromatic nitrogens is 3. The lowest BCUT2D eigenvalue weighted by Crippen LogP contribution is -2.66. The van der Waals surface area contributed by atoms with Gasteiger partial charge in [-0.15, -0.1) is 0 Å². The molecule has 2 aliphatic rings. The van der Waals surface area contributed by atoms with E-state index in [1.165, 1.54) is 0 Å². The Morgan fingerprint density at radius 2 is 1.73 bits per heavy atom. The van der Waals surface area contributed by atoms with Crippen molar-refractivity contribution in [3.05, 3.63) is 64.2 Å². The summed E-state index contributed by atoms with van der Waals surface area (Å²) < 4.78 is 12.1. The lowest BCUT2D eigenvalue weighted by atomic mass is 9.62. The van der Waals surface area contributed by atoms with Crippen molar-refractivity contribution in [2.24, 2.45) is 5.41 Å². The second-order valence-electron chi connectivity index (χ2n) is 12.3. The highest BCUT2D eigenvalue weighted by Crippen LogP contribution is 2.51. The van der Waals surface area contributed by atoms with Crippen LogP contribution in [0, 0.1) is 5.41 Å².